The topological polar surface area (TPSA) is 59.0 Å². The van der Waals surface area contributed by atoms with E-state index in [1.165, 1.54) is 12.1 Å². The number of benzene rings is 2. The van der Waals surface area contributed by atoms with Crippen molar-refractivity contribution in [1.29, 1.82) is 5.26 Å². The number of rotatable bonds is 4. The fraction of sp³-hybridized carbons (Fsp3) is 0.188. The van der Waals surface area contributed by atoms with E-state index in [-0.39, 0.29) is 11.9 Å². The van der Waals surface area contributed by atoms with Crippen LogP contribution in [-0.4, -0.2) is 0 Å². The molecule has 1 atom stereocenters. The van der Waals surface area contributed by atoms with Crippen molar-refractivity contribution in [3.05, 3.63) is 65.0 Å². The molecule has 2 N–H and O–H groups in total. The Morgan fingerprint density at radius 1 is 1.25 bits per heavy atom. The predicted molar refractivity (Wildman–Crippen MR) is 74.5 cm³/mol. The third kappa shape index (κ3) is 3.34. The highest BCUT2D eigenvalue weighted by atomic mass is 19.1. The van der Waals surface area contributed by atoms with Gasteiger partial charge in [0.15, 0.2) is 0 Å². The number of hydrogen-bond acceptors (Lipinski definition) is 3. The molecule has 2 rings (SSSR count). The van der Waals surface area contributed by atoms with E-state index < -0.39 is 0 Å². The van der Waals surface area contributed by atoms with Gasteiger partial charge in [-0.05, 0) is 30.7 Å². The standard InChI is InChI=1S/C16H15FN2O/c1-11(19)15-7-6-14(17)8-16(15)20-10-13-4-2-12(9-18)3-5-13/h2-8,11H,10,19H2,1H3/t11-/m1/s1. The van der Waals surface area contributed by atoms with Gasteiger partial charge in [-0.25, -0.2) is 4.39 Å². The van der Waals surface area contributed by atoms with Crippen LogP contribution in [0.25, 0.3) is 0 Å². The van der Waals surface area contributed by atoms with Crippen molar-refractivity contribution in [2.24, 2.45) is 5.73 Å². The van der Waals surface area contributed by atoms with Crippen LogP contribution in [0.2, 0.25) is 0 Å². The van der Waals surface area contributed by atoms with E-state index in [9.17, 15) is 4.39 Å². The molecule has 0 amide bonds. The van der Waals surface area contributed by atoms with Crippen LogP contribution in [0.1, 0.15) is 29.7 Å². The molecule has 0 aliphatic carbocycles. The lowest BCUT2D eigenvalue weighted by molar-refractivity contribution is 0.300. The van der Waals surface area contributed by atoms with Crippen LogP contribution in [0.4, 0.5) is 4.39 Å². The van der Waals surface area contributed by atoms with Crippen LogP contribution in [0.5, 0.6) is 5.75 Å². The van der Waals surface area contributed by atoms with E-state index >= 15 is 0 Å². The van der Waals surface area contributed by atoms with Gasteiger partial charge in [-0.15, -0.1) is 0 Å². The van der Waals surface area contributed by atoms with E-state index in [0.29, 0.717) is 17.9 Å². The third-order valence-electron chi connectivity index (χ3n) is 2.94. The Kier molecular flexibility index (Phi) is 4.34. The monoisotopic (exact) mass is 270 g/mol. The summed E-state index contributed by atoms with van der Waals surface area (Å²) in [6.45, 7) is 2.12. The highest BCUT2D eigenvalue weighted by Crippen LogP contribution is 2.25. The van der Waals surface area contributed by atoms with Crippen molar-refractivity contribution >= 4 is 0 Å². The summed E-state index contributed by atoms with van der Waals surface area (Å²) in [5, 5.41) is 8.73. The summed E-state index contributed by atoms with van der Waals surface area (Å²) in [5.41, 5.74) is 8.10. The van der Waals surface area contributed by atoms with Gasteiger partial charge in [0, 0.05) is 17.7 Å². The molecule has 3 nitrogen and oxygen atoms in total. The Labute approximate surface area is 117 Å². The van der Waals surface area contributed by atoms with Gasteiger partial charge >= 0.3 is 0 Å². The summed E-state index contributed by atoms with van der Waals surface area (Å²) in [7, 11) is 0. The van der Waals surface area contributed by atoms with Crippen molar-refractivity contribution in [2.75, 3.05) is 0 Å². The maximum atomic E-state index is 13.3. The molecule has 0 radical (unpaired) electrons. The molecular weight excluding hydrogens is 255 g/mol. The van der Waals surface area contributed by atoms with Crippen LogP contribution in [0, 0.1) is 17.1 Å². The predicted octanol–water partition coefficient (Wildman–Crippen LogP) is 3.30. The average molecular weight is 270 g/mol. The normalized spacial score (nSPS) is 11.7. The molecule has 20 heavy (non-hydrogen) atoms. The molecule has 0 aliphatic rings. The van der Waals surface area contributed by atoms with Gasteiger partial charge in [0.1, 0.15) is 18.2 Å². The lowest BCUT2D eigenvalue weighted by atomic mass is 10.1. The number of nitrogens with zero attached hydrogens (tertiary/aromatic N) is 1. The van der Waals surface area contributed by atoms with Crippen molar-refractivity contribution in [1.82, 2.24) is 0 Å². The molecule has 0 heterocycles. The van der Waals surface area contributed by atoms with E-state index in [4.69, 9.17) is 15.7 Å². The van der Waals surface area contributed by atoms with E-state index in [1.54, 1.807) is 18.2 Å². The van der Waals surface area contributed by atoms with E-state index in [2.05, 4.69) is 6.07 Å². The zero-order chi connectivity index (χ0) is 14.5. The summed E-state index contributed by atoms with van der Waals surface area (Å²) in [4.78, 5) is 0. The van der Waals surface area contributed by atoms with Gasteiger partial charge in [0.25, 0.3) is 0 Å². The largest absolute Gasteiger partial charge is 0.488 e. The zero-order valence-electron chi connectivity index (χ0n) is 11.1. The third-order valence-corrected chi connectivity index (χ3v) is 2.94. The maximum Gasteiger partial charge on any atom is 0.127 e. The zero-order valence-corrected chi connectivity index (χ0v) is 11.1. The number of nitrogens with two attached hydrogens (primary N) is 1. The molecule has 0 fully saturated rings. The minimum absolute atomic E-state index is 0.230. The molecule has 102 valence electrons. The lowest BCUT2D eigenvalue weighted by Crippen LogP contribution is -2.08. The average Bonchev–Trinajstić information content (AvgIpc) is 2.45. The first-order valence-electron chi connectivity index (χ1n) is 6.27. The van der Waals surface area contributed by atoms with Crippen LogP contribution < -0.4 is 10.5 Å². The van der Waals surface area contributed by atoms with Crippen LogP contribution in [-0.2, 0) is 6.61 Å². The lowest BCUT2D eigenvalue weighted by Gasteiger charge is -2.14. The number of nitriles is 1. The van der Waals surface area contributed by atoms with Gasteiger partial charge in [0.05, 0.1) is 11.6 Å². The Morgan fingerprint density at radius 3 is 2.55 bits per heavy atom. The Bertz CT molecular complexity index is 630. The highest BCUT2D eigenvalue weighted by Gasteiger charge is 2.09. The smallest absolute Gasteiger partial charge is 0.127 e. The second-order valence-electron chi connectivity index (χ2n) is 4.57. The molecule has 0 aliphatic heterocycles. The number of hydrogen-bond donors (Lipinski definition) is 1. The molecule has 2 aromatic rings. The SMILES string of the molecule is C[C@@H](N)c1ccc(F)cc1OCc1ccc(C#N)cc1. The van der Waals surface area contributed by atoms with Crippen LogP contribution in [0.15, 0.2) is 42.5 Å². The van der Waals surface area contributed by atoms with Gasteiger partial charge in [-0.3, -0.25) is 0 Å². The minimum atomic E-state index is -0.357. The molecular formula is C16H15FN2O. The molecule has 0 bridgehead atoms. The van der Waals surface area contributed by atoms with E-state index in [0.717, 1.165) is 11.1 Å². The summed E-state index contributed by atoms with van der Waals surface area (Å²) >= 11 is 0. The molecule has 2 aromatic carbocycles. The Hall–Kier alpha value is -2.38. The molecule has 0 saturated carbocycles. The molecule has 0 unspecified atom stereocenters. The van der Waals surface area contributed by atoms with Crippen molar-refractivity contribution in [3.8, 4) is 11.8 Å². The van der Waals surface area contributed by atoms with E-state index in [1.807, 2.05) is 19.1 Å². The summed E-state index contributed by atoms with van der Waals surface area (Å²) in [6.07, 6.45) is 0. The molecule has 0 spiro atoms. The fourth-order valence-corrected chi connectivity index (χ4v) is 1.85. The number of halogens is 1. The maximum absolute atomic E-state index is 13.3. The van der Waals surface area contributed by atoms with Gasteiger partial charge in [-0.1, -0.05) is 18.2 Å². The number of ether oxygens (including phenoxy) is 1. The minimum Gasteiger partial charge on any atom is -0.488 e. The quantitative estimate of drug-likeness (QED) is 0.927. The van der Waals surface area contributed by atoms with Gasteiger partial charge in [-0.2, -0.15) is 5.26 Å². The first kappa shape index (κ1) is 14.0. The fourth-order valence-electron chi connectivity index (χ4n) is 1.85. The Balaban J connectivity index is 2.13. The summed E-state index contributed by atoms with van der Waals surface area (Å²) in [5.74, 6) is 0.0913. The first-order valence-corrected chi connectivity index (χ1v) is 6.27. The van der Waals surface area contributed by atoms with Gasteiger partial charge in [0.2, 0.25) is 0 Å². The second-order valence-corrected chi connectivity index (χ2v) is 4.57. The highest BCUT2D eigenvalue weighted by molar-refractivity contribution is 5.37. The Morgan fingerprint density at radius 2 is 1.95 bits per heavy atom. The van der Waals surface area contributed by atoms with Crippen LogP contribution >= 0.6 is 0 Å². The summed E-state index contributed by atoms with van der Waals surface area (Å²) < 4.78 is 18.9. The second kappa shape index (κ2) is 6.18. The van der Waals surface area contributed by atoms with Crippen molar-refractivity contribution in [2.45, 2.75) is 19.6 Å². The van der Waals surface area contributed by atoms with Gasteiger partial charge < -0.3 is 10.5 Å². The first-order chi connectivity index (χ1) is 9.60. The van der Waals surface area contributed by atoms with Crippen LogP contribution in [0.3, 0.4) is 0 Å². The molecule has 0 saturated heterocycles. The molecule has 4 heteroatoms. The molecule has 0 aromatic heterocycles. The summed E-state index contributed by atoms with van der Waals surface area (Å²) in [6, 6.07) is 13.2. The van der Waals surface area contributed by atoms with Crippen molar-refractivity contribution in [3.63, 3.8) is 0 Å². The van der Waals surface area contributed by atoms with Crippen molar-refractivity contribution < 1.29 is 9.13 Å².